The summed E-state index contributed by atoms with van der Waals surface area (Å²) in [5.74, 6) is 8.20. The lowest BCUT2D eigenvalue weighted by Crippen LogP contribution is -2.38. The van der Waals surface area contributed by atoms with Gasteiger partial charge in [-0.1, -0.05) is 160 Å². The zero-order chi connectivity index (χ0) is 41.5. The molecule has 9 aliphatic rings. The predicted molar refractivity (Wildman–Crippen MR) is 259 cm³/mol. The van der Waals surface area contributed by atoms with E-state index < -0.39 is 0 Å². The molecule has 3 fully saturated rings. The molecule has 9 aliphatic carbocycles. The zero-order valence-electron chi connectivity index (χ0n) is 37.6. The average Bonchev–Trinajstić information content (AvgIpc) is 3.73. The van der Waals surface area contributed by atoms with E-state index in [9.17, 15) is 0 Å². The van der Waals surface area contributed by atoms with Crippen LogP contribution in [-0.2, 0) is 6.42 Å². The Morgan fingerprint density at radius 1 is 0.774 bits per heavy atom. The smallest absolute Gasteiger partial charge is 0.0726 e. The number of nitrogens with zero attached hydrogens (tertiary/aromatic N) is 2. The largest absolute Gasteiger partial charge is 0.310 e. The standard InChI is InChI=1S/C60H68N2/c1-38-46-29-26-41(32-51(46)47-21-11-10-20-43(47)34-50(38)44-27-30-55-52(35-44)48-22-12-14-24-54(48)60(55,2)3)42-28-31-59-53(33-42)49-23-13-15-25-58(49)62(59)45-36-56(39-16-6-4-7-17-39)61-57(37-45)40-18-8-5-9-19-40/h4,6-8,12,14-18,22,24-27,29-31,33,36-38,40-43,46-48,50-52,54H,5,9-11,13,19-21,23,28,32,34-35H2,1-3H3. The third-order valence-corrected chi connectivity index (χ3v) is 18.5. The summed E-state index contributed by atoms with van der Waals surface area (Å²) < 4.78 is 2.62. The van der Waals surface area contributed by atoms with Crippen molar-refractivity contribution in [2.75, 3.05) is 0 Å². The number of fused-ring (bicyclic) bond motifs is 9. The highest BCUT2D eigenvalue weighted by Gasteiger charge is 2.52. The molecule has 0 N–H and O–H groups in total. The van der Waals surface area contributed by atoms with E-state index in [2.05, 4.69) is 153 Å². The van der Waals surface area contributed by atoms with Gasteiger partial charge < -0.3 is 4.57 Å². The van der Waals surface area contributed by atoms with Crippen molar-refractivity contribution in [3.05, 3.63) is 148 Å². The van der Waals surface area contributed by atoms with Gasteiger partial charge >= 0.3 is 0 Å². The first kappa shape index (κ1) is 39.2. The van der Waals surface area contributed by atoms with E-state index in [0.29, 0.717) is 53.3 Å². The fourth-order valence-corrected chi connectivity index (χ4v) is 15.4. The first-order valence-corrected chi connectivity index (χ1v) is 25.2. The minimum atomic E-state index is 0.252. The molecule has 12 atom stereocenters. The van der Waals surface area contributed by atoms with E-state index in [4.69, 9.17) is 4.98 Å². The lowest BCUT2D eigenvalue weighted by atomic mass is 9.62. The van der Waals surface area contributed by atoms with Gasteiger partial charge in [0.15, 0.2) is 0 Å². The summed E-state index contributed by atoms with van der Waals surface area (Å²) in [6.07, 6.45) is 52.4. The number of rotatable bonds is 5. The van der Waals surface area contributed by atoms with Gasteiger partial charge in [0.25, 0.3) is 0 Å². The molecule has 0 radical (unpaired) electrons. The van der Waals surface area contributed by atoms with Crippen LogP contribution in [0.5, 0.6) is 0 Å². The molecule has 318 valence electrons. The average molecular weight is 817 g/mol. The van der Waals surface area contributed by atoms with Gasteiger partial charge in [-0.05, 0) is 164 Å². The molecule has 3 saturated carbocycles. The number of allylic oxidation sites excluding steroid dienone is 13. The van der Waals surface area contributed by atoms with E-state index in [1.54, 1.807) is 16.7 Å². The van der Waals surface area contributed by atoms with E-state index in [-0.39, 0.29) is 5.41 Å². The van der Waals surface area contributed by atoms with Crippen LogP contribution in [0.2, 0.25) is 0 Å². The van der Waals surface area contributed by atoms with Crippen molar-refractivity contribution in [2.45, 2.75) is 110 Å². The molecule has 2 nitrogen and oxygen atoms in total. The lowest BCUT2D eigenvalue weighted by Gasteiger charge is -2.43. The molecule has 12 rings (SSSR count). The highest BCUT2D eigenvalue weighted by atomic mass is 15.0. The third kappa shape index (κ3) is 6.50. The van der Waals surface area contributed by atoms with Gasteiger partial charge in [-0.15, -0.1) is 0 Å². The quantitative estimate of drug-likeness (QED) is 0.235. The molecule has 0 bridgehead atoms. The van der Waals surface area contributed by atoms with Crippen molar-refractivity contribution < 1.29 is 0 Å². The summed E-state index contributed by atoms with van der Waals surface area (Å²) in [5.41, 5.74) is 11.5. The number of pyridine rings is 1. The Kier molecular flexibility index (Phi) is 9.91. The normalized spacial score (nSPS) is 36.0. The van der Waals surface area contributed by atoms with Gasteiger partial charge in [0.05, 0.1) is 17.1 Å². The van der Waals surface area contributed by atoms with Crippen LogP contribution in [0, 0.1) is 70.5 Å². The van der Waals surface area contributed by atoms with Crippen molar-refractivity contribution in [1.29, 1.82) is 0 Å². The van der Waals surface area contributed by atoms with Crippen LogP contribution in [0.15, 0.2) is 120 Å². The summed E-state index contributed by atoms with van der Waals surface area (Å²) in [4.78, 5) is 5.35. The highest BCUT2D eigenvalue weighted by molar-refractivity contribution is 5.66. The highest BCUT2D eigenvalue weighted by Crippen LogP contribution is 2.61. The van der Waals surface area contributed by atoms with Crippen molar-refractivity contribution in [1.82, 2.24) is 9.55 Å². The van der Waals surface area contributed by atoms with Gasteiger partial charge in [-0.25, -0.2) is 0 Å². The van der Waals surface area contributed by atoms with Crippen LogP contribution in [0.25, 0.3) is 35.2 Å². The predicted octanol–water partition coefficient (Wildman–Crippen LogP) is 13.4. The van der Waals surface area contributed by atoms with Crippen LogP contribution >= 0.6 is 0 Å². The van der Waals surface area contributed by atoms with Crippen LogP contribution < -0.4 is 10.6 Å². The second-order valence-electron chi connectivity index (χ2n) is 21.9. The van der Waals surface area contributed by atoms with Crippen LogP contribution in [-0.4, -0.2) is 9.55 Å². The van der Waals surface area contributed by atoms with E-state index in [1.165, 1.54) is 97.4 Å². The molecular weight excluding hydrogens is 749 g/mol. The fourth-order valence-electron chi connectivity index (χ4n) is 15.4. The molecule has 12 unspecified atom stereocenters. The zero-order valence-corrected chi connectivity index (χ0v) is 37.6. The maximum Gasteiger partial charge on any atom is 0.0726 e. The summed E-state index contributed by atoms with van der Waals surface area (Å²) >= 11 is 0. The number of hydrogen-bond acceptors (Lipinski definition) is 1. The van der Waals surface area contributed by atoms with Crippen LogP contribution in [0.3, 0.4) is 0 Å². The second-order valence-corrected chi connectivity index (χ2v) is 21.9. The molecule has 0 spiro atoms. The van der Waals surface area contributed by atoms with Crippen molar-refractivity contribution in [3.8, 4) is 16.9 Å². The Morgan fingerprint density at radius 2 is 1.66 bits per heavy atom. The van der Waals surface area contributed by atoms with Crippen LogP contribution in [0.4, 0.5) is 0 Å². The Morgan fingerprint density at radius 3 is 2.55 bits per heavy atom. The van der Waals surface area contributed by atoms with Crippen molar-refractivity contribution in [3.63, 3.8) is 0 Å². The topological polar surface area (TPSA) is 17.8 Å². The van der Waals surface area contributed by atoms with E-state index >= 15 is 0 Å². The first-order chi connectivity index (χ1) is 30.4. The Hall–Kier alpha value is -4.43. The molecule has 0 aliphatic heterocycles. The monoisotopic (exact) mass is 817 g/mol. The van der Waals surface area contributed by atoms with Gasteiger partial charge in [0, 0.05) is 22.5 Å². The third-order valence-electron chi connectivity index (χ3n) is 18.5. The molecular formula is C60H68N2. The fraction of sp³-hybridized carbons (Fsp3) is 0.483. The van der Waals surface area contributed by atoms with Gasteiger partial charge in [0.1, 0.15) is 0 Å². The summed E-state index contributed by atoms with van der Waals surface area (Å²) in [6, 6.07) is 15.7. The molecule has 62 heavy (non-hydrogen) atoms. The Labute approximate surface area is 371 Å². The number of benzene rings is 1. The molecule has 2 heterocycles. The minimum Gasteiger partial charge on any atom is -0.310 e. The molecule has 0 saturated heterocycles. The molecule has 0 amide bonds. The van der Waals surface area contributed by atoms with Gasteiger partial charge in [-0.3, -0.25) is 4.98 Å². The Balaban J connectivity index is 0.879. The summed E-state index contributed by atoms with van der Waals surface area (Å²) in [7, 11) is 0. The Bertz CT molecular complexity index is 2580. The molecule has 3 aromatic rings. The molecule has 2 aromatic heterocycles. The SMILES string of the molecule is CC1C(C2=CC=C3C(C2)C2C=CC=CC2C3(C)C)CC2CCCCC2C2CC(C3C=c4c5c(n(-c6cc(-c7ccccc7)nc(C7C=CCCC7)c6)c4=CC3)C=CCC5)C=CC12. The second kappa shape index (κ2) is 15.7. The molecule has 2 heteroatoms. The van der Waals surface area contributed by atoms with E-state index in [0.717, 1.165) is 42.7 Å². The van der Waals surface area contributed by atoms with Crippen LogP contribution in [0.1, 0.15) is 121 Å². The summed E-state index contributed by atoms with van der Waals surface area (Å²) in [6.45, 7) is 7.72. The lowest BCUT2D eigenvalue weighted by molar-refractivity contribution is 0.107. The molecule has 1 aromatic carbocycles. The maximum absolute atomic E-state index is 5.35. The number of aromatic nitrogens is 2. The van der Waals surface area contributed by atoms with Crippen molar-refractivity contribution >= 4 is 18.2 Å². The number of hydrogen-bond donors (Lipinski definition) is 0. The summed E-state index contributed by atoms with van der Waals surface area (Å²) in [5, 5.41) is 2.94. The van der Waals surface area contributed by atoms with Crippen molar-refractivity contribution in [2.24, 2.45) is 70.5 Å². The van der Waals surface area contributed by atoms with E-state index in [1.807, 2.05) is 0 Å². The van der Waals surface area contributed by atoms with Gasteiger partial charge in [-0.2, -0.15) is 0 Å². The minimum absolute atomic E-state index is 0.252. The first-order valence-electron chi connectivity index (χ1n) is 25.2. The van der Waals surface area contributed by atoms with Gasteiger partial charge in [0.2, 0.25) is 0 Å². The maximum atomic E-state index is 5.35.